The topological polar surface area (TPSA) is 29.5 Å². The summed E-state index contributed by atoms with van der Waals surface area (Å²) in [6, 6.07) is 5.83. The normalized spacial score (nSPS) is 23.0. The van der Waals surface area contributed by atoms with Gasteiger partial charge in [-0.05, 0) is 25.0 Å². The summed E-state index contributed by atoms with van der Waals surface area (Å²) in [6.07, 6.45) is 5.18. The van der Waals surface area contributed by atoms with Crippen LogP contribution in [0.15, 0.2) is 22.7 Å². The van der Waals surface area contributed by atoms with Crippen LogP contribution in [0.25, 0.3) is 0 Å². The average Bonchev–Trinajstić information content (AvgIpc) is 2.28. The number of ether oxygens (including phenoxy) is 1. The summed E-state index contributed by atoms with van der Waals surface area (Å²) in [7, 11) is 0. The van der Waals surface area contributed by atoms with E-state index < -0.39 is 0 Å². The molecule has 17 heavy (non-hydrogen) atoms. The summed E-state index contributed by atoms with van der Waals surface area (Å²) >= 11 is 3.43. The molecule has 0 saturated heterocycles. The number of hydrogen-bond donors (Lipinski definition) is 1. The van der Waals surface area contributed by atoms with Gasteiger partial charge in [-0.2, -0.15) is 0 Å². The minimum absolute atomic E-state index is 0.165. The highest BCUT2D eigenvalue weighted by atomic mass is 79.9. The number of benzene rings is 1. The fraction of sp³-hybridized carbons (Fsp3) is 0.571. The van der Waals surface area contributed by atoms with Crippen LogP contribution in [0, 0.1) is 0 Å². The van der Waals surface area contributed by atoms with Gasteiger partial charge in [0.1, 0.15) is 11.9 Å². The quantitative estimate of drug-likeness (QED) is 0.844. The molecule has 0 bridgehead atoms. The van der Waals surface area contributed by atoms with Gasteiger partial charge in [-0.25, -0.2) is 0 Å². The molecule has 0 aromatic heterocycles. The van der Waals surface area contributed by atoms with Crippen LogP contribution in [-0.4, -0.2) is 11.2 Å². The maximum Gasteiger partial charge on any atom is 0.126 e. The van der Waals surface area contributed by atoms with E-state index in [4.69, 9.17) is 4.74 Å². The fourth-order valence-corrected chi connectivity index (χ4v) is 2.63. The Hall–Kier alpha value is -0.540. The summed E-state index contributed by atoms with van der Waals surface area (Å²) in [4.78, 5) is 0. The predicted molar refractivity (Wildman–Crippen MR) is 72.3 cm³/mol. The molecule has 0 saturated carbocycles. The number of fused-ring (bicyclic) bond motifs is 1. The Balaban J connectivity index is 2.04. The van der Waals surface area contributed by atoms with E-state index in [2.05, 4.69) is 22.9 Å². The van der Waals surface area contributed by atoms with Crippen molar-refractivity contribution in [2.75, 3.05) is 0 Å². The van der Waals surface area contributed by atoms with E-state index in [0.717, 1.165) is 28.6 Å². The third-order valence-electron chi connectivity index (χ3n) is 3.24. The van der Waals surface area contributed by atoms with Crippen LogP contribution in [0.4, 0.5) is 0 Å². The summed E-state index contributed by atoms with van der Waals surface area (Å²) in [6.45, 7) is 2.20. The monoisotopic (exact) mass is 298 g/mol. The Morgan fingerprint density at radius 3 is 3.00 bits per heavy atom. The minimum atomic E-state index is -0.376. The number of rotatable bonds is 4. The number of aliphatic hydroxyl groups is 1. The molecular formula is C14H19BrO2. The van der Waals surface area contributed by atoms with E-state index in [9.17, 15) is 5.11 Å². The first-order valence-electron chi connectivity index (χ1n) is 6.35. The lowest BCUT2D eigenvalue weighted by Crippen LogP contribution is -2.25. The zero-order valence-corrected chi connectivity index (χ0v) is 11.7. The standard InChI is InChI=1S/C14H19BrO2/c1-2-3-4-5-11-9-13(16)12-7-6-10(15)8-14(12)17-11/h6-8,11,13,16H,2-5,9H2,1H3. The maximum absolute atomic E-state index is 10.1. The lowest BCUT2D eigenvalue weighted by molar-refractivity contribution is 0.0605. The van der Waals surface area contributed by atoms with Crippen LogP contribution < -0.4 is 4.74 Å². The van der Waals surface area contributed by atoms with Gasteiger partial charge in [0.05, 0.1) is 6.10 Å². The highest BCUT2D eigenvalue weighted by Crippen LogP contribution is 2.37. The zero-order valence-electron chi connectivity index (χ0n) is 10.2. The molecule has 1 N–H and O–H groups in total. The third kappa shape index (κ3) is 3.23. The second-order valence-corrected chi connectivity index (χ2v) is 5.58. The van der Waals surface area contributed by atoms with Crippen molar-refractivity contribution in [1.29, 1.82) is 0 Å². The summed E-state index contributed by atoms with van der Waals surface area (Å²) in [5.41, 5.74) is 0.917. The number of halogens is 1. The molecule has 94 valence electrons. The van der Waals surface area contributed by atoms with Crippen LogP contribution in [0.3, 0.4) is 0 Å². The van der Waals surface area contributed by atoms with Gasteiger partial charge in [0.25, 0.3) is 0 Å². The first-order valence-corrected chi connectivity index (χ1v) is 7.14. The fourth-order valence-electron chi connectivity index (χ4n) is 2.29. The van der Waals surface area contributed by atoms with E-state index in [1.54, 1.807) is 0 Å². The zero-order chi connectivity index (χ0) is 12.3. The van der Waals surface area contributed by atoms with E-state index >= 15 is 0 Å². The molecule has 0 aliphatic carbocycles. The van der Waals surface area contributed by atoms with Crippen molar-refractivity contribution in [2.24, 2.45) is 0 Å². The highest BCUT2D eigenvalue weighted by Gasteiger charge is 2.26. The van der Waals surface area contributed by atoms with Crippen LogP contribution in [-0.2, 0) is 0 Å². The Morgan fingerprint density at radius 2 is 2.24 bits per heavy atom. The van der Waals surface area contributed by atoms with Gasteiger partial charge in [-0.3, -0.25) is 0 Å². The van der Waals surface area contributed by atoms with Crippen molar-refractivity contribution in [3.05, 3.63) is 28.2 Å². The van der Waals surface area contributed by atoms with Crippen LogP contribution in [0.2, 0.25) is 0 Å². The van der Waals surface area contributed by atoms with Crippen LogP contribution in [0.1, 0.15) is 50.7 Å². The van der Waals surface area contributed by atoms with Gasteiger partial charge >= 0.3 is 0 Å². The summed E-state index contributed by atoms with van der Waals surface area (Å²) in [5, 5.41) is 10.1. The molecule has 1 aromatic carbocycles. The summed E-state index contributed by atoms with van der Waals surface area (Å²) in [5.74, 6) is 0.833. The molecule has 0 fully saturated rings. The molecule has 0 radical (unpaired) electrons. The maximum atomic E-state index is 10.1. The van der Waals surface area contributed by atoms with Crippen LogP contribution >= 0.6 is 15.9 Å². The van der Waals surface area contributed by atoms with E-state index in [1.807, 2.05) is 18.2 Å². The number of unbranched alkanes of at least 4 members (excludes halogenated alkanes) is 2. The van der Waals surface area contributed by atoms with Gasteiger partial charge in [-0.1, -0.05) is 41.8 Å². The molecule has 2 nitrogen and oxygen atoms in total. The van der Waals surface area contributed by atoms with Gasteiger partial charge in [0.15, 0.2) is 0 Å². The number of hydrogen-bond acceptors (Lipinski definition) is 2. The first-order chi connectivity index (χ1) is 8.20. The molecule has 0 spiro atoms. The predicted octanol–water partition coefficient (Wildman–Crippen LogP) is 4.21. The lowest BCUT2D eigenvalue weighted by atomic mass is 9.96. The van der Waals surface area contributed by atoms with E-state index in [1.165, 1.54) is 19.3 Å². The average molecular weight is 299 g/mol. The molecule has 1 heterocycles. The molecule has 3 heteroatoms. The Bertz CT molecular complexity index is 378. The number of aliphatic hydroxyl groups excluding tert-OH is 1. The molecule has 2 atom stereocenters. The van der Waals surface area contributed by atoms with Crippen molar-refractivity contribution in [3.63, 3.8) is 0 Å². The van der Waals surface area contributed by atoms with E-state index in [0.29, 0.717) is 0 Å². The smallest absolute Gasteiger partial charge is 0.126 e. The first kappa shape index (κ1) is 12.9. The molecule has 1 aliphatic rings. The molecular weight excluding hydrogens is 280 g/mol. The second kappa shape index (κ2) is 5.87. The molecule has 1 aliphatic heterocycles. The van der Waals surface area contributed by atoms with Gasteiger partial charge < -0.3 is 9.84 Å². The Labute approximate surface area is 111 Å². The van der Waals surface area contributed by atoms with E-state index in [-0.39, 0.29) is 12.2 Å². The largest absolute Gasteiger partial charge is 0.490 e. The molecule has 0 amide bonds. The minimum Gasteiger partial charge on any atom is -0.490 e. The van der Waals surface area contributed by atoms with Crippen molar-refractivity contribution in [2.45, 2.75) is 51.2 Å². The van der Waals surface area contributed by atoms with Gasteiger partial charge in [0.2, 0.25) is 0 Å². The third-order valence-corrected chi connectivity index (χ3v) is 3.74. The molecule has 2 unspecified atom stereocenters. The SMILES string of the molecule is CCCCCC1CC(O)c2ccc(Br)cc2O1. The van der Waals surface area contributed by atoms with Crippen molar-refractivity contribution < 1.29 is 9.84 Å². The van der Waals surface area contributed by atoms with Crippen molar-refractivity contribution in [3.8, 4) is 5.75 Å². The Kier molecular flexibility index (Phi) is 4.46. The van der Waals surface area contributed by atoms with Crippen molar-refractivity contribution in [1.82, 2.24) is 0 Å². The Morgan fingerprint density at radius 1 is 1.41 bits per heavy atom. The molecule has 1 aromatic rings. The highest BCUT2D eigenvalue weighted by molar-refractivity contribution is 9.10. The van der Waals surface area contributed by atoms with Crippen molar-refractivity contribution >= 4 is 15.9 Å². The second-order valence-electron chi connectivity index (χ2n) is 4.67. The van der Waals surface area contributed by atoms with Gasteiger partial charge in [-0.15, -0.1) is 0 Å². The van der Waals surface area contributed by atoms with Crippen LogP contribution in [0.5, 0.6) is 5.75 Å². The molecule has 2 rings (SSSR count). The lowest BCUT2D eigenvalue weighted by Gasteiger charge is -2.29. The summed E-state index contributed by atoms with van der Waals surface area (Å²) < 4.78 is 6.94. The van der Waals surface area contributed by atoms with Gasteiger partial charge in [0, 0.05) is 16.5 Å².